The van der Waals surface area contributed by atoms with E-state index in [-0.39, 0.29) is 23.8 Å². The second kappa shape index (κ2) is 8.60. The van der Waals surface area contributed by atoms with E-state index in [0.717, 1.165) is 27.2 Å². The number of rotatable bonds is 4. The second-order valence-electron chi connectivity index (χ2n) is 7.60. The number of hydrogen-bond donors (Lipinski definition) is 2. The van der Waals surface area contributed by atoms with Crippen LogP contribution in [0.5, 0.6) is 5.75 Å². The summed E-state index contributed by atoms with van der Waals surface area (Å²) in [5, 5.41) is 12.5. The van der Waals surface area contributed by atoms with E-state index in [0.29, 0.717) is 22.7 Å². The fraction of sp³-hybridized carbons (Fsp3) is 0.0769. The van der Waals surface area contributed by atoms with E-state index in [9.17, 15) is 14.3 Å². The summed E-state index contributed by atoms with van der Waals surface area (Å²) in [4.78, 5) is 19.3. The first kappa shape index (κ1) is 21.0. The molecule has 0 radical (unpaired) electrons. The Hall–Kier alpha value is -3.84. The highest BCUT2D eigenvalue weighted by Crippen LogP contribution is 2.42. The van der Waals surface area contributed by atoms with Crippen LogP contribution >= 0.6 is 11.8 Å². The van der Waals surface area contributed by atoms with Crippen molar-refractivity contribution in [1.82, 2.24) is 5.32 Å². The predicted molar refractivity (Wildman–Crippen MR) is 125 cm³/mol. The molecule has 164 valence electrons. The molecular weight excluding hydrogens is 439 g/mol. The Balaban J connectivity index is 1.54. The molecule has 5 rings (SSSR count). The van der Waals surface area contributed by atoms with Crippen LogP contribution in [0.4, 0.5) is 10.1 Å². The molecule has 4 aromatic rings. The van der Waals surface area contributed by atoms with Gasteiger partial charge in [-0.3, -0.25) is 4.79 Å². The Morgan fingerprint density at radius 3 is 2.67 bits per heavy atom. The van der Waals surface area contributed by atoms with E-state index in [1.807, 2.05) is 49.4 Å². The quantitative estimate of drug-likeness (QED) is 0.347. The molecule has 1 aliphatic heterocycles. The van der Waals surface area contributed by atoms with Gasteiger partial charge in [-0.2, -0.15) is 0 Å². The first-order valence-electron chi connectivity index (χ1n) is 10.3. The Morgan fingerprint density at radius 2 is 1.88 bits per heavy atom. The van der Waals surface area contributed by atoms with Crippen LogP contribution in [0.25, 0.3) is 0 Å². The van der Waals surface area contributed by atoms with Crippen molar-refractivity contribution in [2.24, 2.45) is 4.99 Å². The zero-order chi connectivity index (χ0) is 22.9. The Bertz CT molecular complexity index is 1410. The number of carbonyl (C=O) groups excluding carboxylic acids is 1. The van der Waals surface area contributed by atoms with Crippen LogP contribution in [-0.2, 0) is 6.54 Å². The van der Waals surface area contributed by atoms with Crippen molar-refractivity contribution in [3.8, 4) is 5.75 Å². The average Bonchev–Trinajstić information content (AvgIpc) is 3.15. The van der Waals surface area contributed by atoms with Gasteiger partial charge in [-0.1, -0.05) is 30.0 Å². The number of aliphatic imine (C=N–C) groups is 1. The van der Waals surface area contributed by atoms with Crippen LogP contribution in [0.1, 0.15) is 33.0 Å². The Morgan fingerprint density at radius 1 is 1.03 bits per heavy atom. The van der Waals surface area contributed by atoms with E-state index >= 15 is 0 Å². The van der Waals surface area contributed by atoms with E-state index in [2.05, 4.69) is 5.32 Å². The van der Waals surface area contributed by atoms with Crippen molar-refractivity contribution in [3.63, 3.8) is 0 Å². The highest BCUT2D eigenvalue weighted by atomic mass is 32.2. The zero-order valence-electron chi connectivity index (χ0n) is 17.6. The summed E-state index contributed by atoms with van der Waals surface area (Å²) in [6.45, 7) is 2.12. The number of aromatic hydroxyl groups is 1. The van der Waals surface area contributed by atoms with Crippen LogP contribution in [0, 0.1) is 12.7 Å². The summed E-state index contributed by atoms with van der Waals surface area (Å²) in [6.07, 6.45) is 0. The minimum absolute atomic E-state index is 0.153. The van der Waals surface area contributed by atoms with Gasteiger partial charge in [-0.25, -0.2) is 9.38 Å². The molecule has 2 N–H and O–H groups in total. The van der Waals surface area contributed by atoms with Gasteiger partial charge in [0.15, 0.2) is 0 Å². The third-order valence-electron chi connectivity index (χ3n) is 5.24. The molecule has 2 heterocycles. The molecule has 0 fully saturated rings. The van der Waals surface area contributed by atoms with E-state index < -0.39 is 5.82 Å². The Labute approximate surface area is 194 Å². The van der Waals surface area contributed by atoms with Gasteiger partial charge in [-0.15, -0.1) is 0 Å². The highest BCUT2D eigenvalue weighted by molar-refractivity contribution is 7.99. The monoisotopic (exact) mass is 458 g/mol. The minimum Gasteiger partial charge on any atom is -0.508 e. The van der Waals surface area contributed by atoms with Gasteiger partial charge in [-0.05, 0) is 55.5 Å². The van der Waals surface area contributed by atoms with E-state index in [1.165, 1.54) is 23.9 Å². The molecule has 0 unspecified atom stereocenters. The van der Waals surface area contributed by atoms with Crippen LogP contribution in [0.3, 0.4) is 0 Å². The summed E-state index contributed by atoms with van der Waals surface area (Å²) < 4.78 is 20.3. The van der Waals surface area contributed by atoms with Crippen LogP contribution in [0.2, 0.25) is 0 Å². The summed E-state index contributed by atoms with van der Waals surface area (Å²) in [5.74, 6) is 0.471. The van der Waals surface area contributed by atoms with Crippen molar-refractivity contribution < 1.29 is 18.7 Å². The summed E-state index contributed by atoms with van der Waals surface area (Å²) >= 11 is 1.51. The average molecular weight is 459 g/mol. The van der Waals surface area contributed by atoms with Gasteiger partial charge < -0.3 is 14.8 Å². The maximum absolute atomic E-state index is 14.8. The maximum Gasteiger partial charge on any atom is 0.251 e. The lowest BCUT2D eigenvalue weighted by Gasteiger charge is -2.10. The molecule has 3 aromatic carbocycles. The highest BCUT2D eigenvalue weighted by Gasteiger charge is 2.22. The van der Waals surface area contributed by atoms with E-state index in [4.69, 9.17) is 9.41 Å². The number of phenols is 1. The number of nitrogens with zero attached hydrogens (tertiary/aromatic N) is 1. The molecule has 33 heavy (non-hydrogen) atoms. The molecule has 0 bridgehead atoms. The lowest BCUT2D eigenvalue weighted by Crippen LogP contribution is -2.22. The second-order valence-corrected chi connectivity index (χ2v) is 8.68. The first-order valence-corrected chi connectivity index (χ1v) is 11.1. The molecule has 7 heteroatoms. The van der Waals surface area contributed by atoms with Gasteiger partial charge in [0.2, 0.25) is 0 Å². The Kier molecular flexibility index (Phi) is 5.48. The van der Waals surface area contributed by atoms with Crippen molar-refractivity contribution >= 4 is 29.1 Å². The van der Waals surface area contributed by atoms with Crippen molar-refractivity contribution in [2.45, 2.75) is 23.3 Å². The number of carbonyl (C=O) groups is 1. The number of aryl methyl sites for hydroxylation is 1. The lowest BCUT2D eigenvalue weighted by atomic mass is 10.0. The number of halogens is 1. The number of amides is 1. The smallest absolute Gasteiger partial charge is 0.251 e. The van der Waals surface area contributed by atoms with Crippen molar-refractivity contribution in [1.29, 1.82) is 0 Å². The molecule has 0 saturated carbocycles. The third kappa shape index (κ3) is 4.27. The van der Waals surface area contributed by atoms with Gasteiger partial charge in [0.05, 0.1) is 17.9 Å². The first-order chi connectivity index (χ1) is 16.0. The summed E-state index contributed by atoms with van der Waals surface area (Å²) in [5.41, 5.74) is 2.51. The van der Waals surface area contributed by atoms with Crippen molar-refractivity contribution in [2.75, 3.05) is 0 Å². The fourth-order valence-electron chi connectivity index (χ4n) is 3.63. The normalized spacial score (nSPS) is 12.4. The van der Waals surface area contributed by atoms with Crippen molar-refractivity contribution in [3.05, 3.63) is 107 Å². The number of phenolic OH excluding ortho intramolecular Hbond substituents is 1. The molecule has 1 amide bonds. The van der Waals surface area contributed by atoms with Gasteiger partial charge in [0, 0.05) is 32.5 Å². The fourth-order valence-corrected chi connectivity index (χ4v) is 4.64. The van der Waals surface area contributed by atoms with Crippen LogP contribution in [0.15, 0.2) is 92.0 Å². The summed E-state index contributed by atoms with van der Waals surface area (Å²) in [6, 6.07) is 20.6. The predicted octanol–water partition coefficient (Wildman–Crippen LogP) is 6.00. The van der Waals surface area contributed by atoms with Gasteiger partial charge in [0.25, 0.3) is 5.91 Å². The standard InChI is InChI=1S/C26H19FN2O3S/c1-15-6-9-18(32-15)14-28-26(31)16-7-11-24-22(12-16)29-25(19-10-8-17(30)13-21(19)27)20-4-2-3-5-23(20)33-24/h2-13,30H,14H2,1H3,(H,28,31). The molecule has 5 nitrogen and oxygen atoms in total. The number of furan rings is 1. The van der Waals surface area contributed by atoms with Gasteiger partial charge in [0.1, 0.15) is 23.1 Å². The topological polar surface area (TPSA) is 74.8 Å². The molecule has 1 aromatic heterocycles. The zero-order valence-corrected chi connectivity index (χ0v) is 18.4. The molecular formula is C26H19FN2O3S. The minimum atomic E-state index is -0.570. The SMILES string of the molecule is Cc1ccc(CNC(=O)c2ccc3c(c2)N=C(c2ccc(O)cc2F)c2ccccc2S3)o1. The van der Waals surface area contributed by atoms with Crippen LogP contribution in [-0.4, -0.2) is 16.7 Å². The molecule has 0 atom stereocenters. The van der Waals surface area contributed by atoms with E-state index in [1.54, 1.807) is 12.1 Å². The maximum atomic E-state index is 14.8. The van der Waals surface area contributed by atoms with Crippen LogP contribution < -0.4 is 5.32 Å². The third-order valence-corrected chi connectivity index (χ3v) is 6.38. The number of hydrogen-bond acceptors (Lipinski definition) is 5. The molecule has 0 spiro atoms. The number of nitrogens with one attached hydrogen (secondary N) is 1. The lowest BCUT2D eigenvalue weighted by molar-refractivity contribution is 0.0948. The molecule has 1 aliphatic rings. The number of benzene rings is 3. The largest absolute Gasteiger partial charge is 0.508 e. The molecule has 0 saturated heterocycles. The van der Waals surface area contributed by atoms with Gasteiger partial charge >= 0.3 is 0 Å². The molecule has 0 aliphatic carbocycles. The summed E-state index contributed by atoms with van der Waals surface area (Å²) in [7, 11) is 0. The number of fused-ring (bicyclic) bond motifs is 2.